The summed E-state index contributed by atoms with van der Waals surface area (Å²) in [6.07, 6.45) is 5.90. The van der Waals surface area contributed by atoms with Crippen LogP contribution in [0, 0.1) is 23.1 Å². The van der Waals surface area contributed by atoms with Crippen LogP contribution in [0.2, 0.25) is 0 Å². The van der Waals surface area contributed by atoms with Crippen molar-refractivity contribution >= 4 is 28.5 Å². The second-order valence-electron chi connectivity index (χ2n) is 14.3. The van der Waals surface area contributed by atoms with Crippen LogP contribution in [0.1, 0.15) is 80.0 Å². The topological polar surface area (TPSA) is 94.8 Å². The van der Waals surface area contributed by atoms with Crippen molar-refractivity contribution in [3.63, 3.8) is 0 Å². The van der Waals surface area contributed by atoms with Crippen molar-refractivity contribution in [1.82, 2.24) is 10.6 Å². The van der Waals surface area contributed by atoms with Crippen molar-refractivity contribution < 1.29 is 23.5 Å². The van der Waals surface area contributed by atoms with E-state index in [9.17, 15) is 19.1 Å². The third-order valence-electron chi connectivity index (χ3n) is 11.2. The SMILES string of the molecule is CCN(CC)c1cc2oc(-c3ccc(F)cc3)c(C(=O)NC)c2cc1-c1cccc(C(=O)NC(C)C23CC4C[C@H](CC(O)(C4)C2)C3)c1. The highest BCUT2D eigenvalue weighted by Gasteiger charge is 2.59. The highest BCUT2D eigenvalue weighted by Crippen LogP contribution is 2.62. The number of aliphatic hydroxyl groups is 1. The molecule has 7 nitrogen and oxygen atoms in total. The summed E-state index contributed by atoms with van der Waals surface area (Å²) in [6, 6.07) is 17.5. The lowest BCUT2D eigenvalue weighted by molar-refractivity contribution is -0.171. The van der Waals surface area contributed by atoms with Crippen molar-refractivity contribution in [3.8, 4) is 22.5 Å². The second-order valence-corrected chi connectivity index (χ2v) is 14.3. The maximum atomic E-state index is 13.8. The summed E-state index contributed by atoms with van der Waals surface area (Å²) in [7, 11) is 1.58. The Morgan fingerprint density at radius 1 is 0.979 bits per heavy atom. The van der Waals surface area contributed by atoms with Crippen LogP contribution >= 0.6 is 0 Å². The van der Waals surface area contributed by atoms with Crippen LogP contribution in [0.5, 0.6) is 0 Å². The van der Waals surface area contributed by atoms with Gasteiger partial charge in [-0.05, 0) is 125 Å². The third-order valence-corrected chi connectivity index (χ3v) is 11.2. The van der Waals surface area contributed by atoms with Gasteiger partial charge in [0.15, 0.2) is 0 Å². The van der Waals surface area contributed by atoms with E-state index in [0.717, 1.165) is 62.0 Å². The number of halogens is 1. The Morgan fingerprint density at radius 2 is 1.68 bits per heavy atom. The number of hydrogen-bond donors (Lipinski definition) is 3. The first-order chi connectivity index (χ1) is 22.5. The number of amides is 2. The minimum Gasteiger partial charge on any atom is -0.455 e. The molecule has 2 amide bonds. The van der Waals surface area contributed by atoms with E-state index < -0.39 is 5.60 Å². The number of rotatable bonds is 9. The summed E-state index contributed by atoms with van der Waals surface area (Å²) in [5.41, 5.74) is 4.11. The first-order valence-electron chi connectivity index (χ1n) is 17.0. The molecule has 246 valence electrons. The average Bonchev–Trinajstić information content (AvgIpc) is 3.42. The third kappa shape index (κ3) is 5.50. The van der Waals surface area contributed by atoms with Crippen LogP contribution in [0.3, 0.4) is 0 Å². The first-order valence-corrected chi connectivity index (χ1v) is 17.0. The Bertz CT molecular complexity index is 1830. The van der Waals surface area contributed by atoms with Gasteiger partial charge >= 0.3 is 0 Å². The molecule has 47 heavy (non-hydrogen) atoms. The quantitative estimate of drug-likeness (QED) is 0.176. The number of hydrogen-bond acceptors (Lipinski definition) is 5. The predicted octanol–water partition coefficient (Wildman–Crippen LogP) is 7.56. The van der Waals surface area contributed by atoms with Crippen LogP contribution < -0.4 is 15.5 Å². The molecular formula is C39H44FN3O4. The zero-order valence-electron chi connectivity index (χ0n) is 27.7. The number of fused-ring (bicyclic) bond motifs is 1. The lowest BCUT2D eigenvalue weighted by atomic mass is 9.46. The summed E-state index contributed by atoms with van der Waals surface area (Å²) in [6.45, 7) is 7.79. The van der Waals surface area contributed by atoms with E-state index >= 15 is 0 Å². The van der Waals surface area contributed by atoms with Gasteiger partial charge in [-0.25, -0.2) is 4.39 Å². The Labute approximate surface area is 275 Å². The molecule has 0 saturated heterocycles. The molecule has 8 rings (SSSR count). The number of carbonyl (C=O) groups excluding carboxylic acids is 2. The fraction of sp³-hybridized carbons (Fsp3) is 0.436. The molecule has 0 aliphatic heterocycles. The molecule has 4 fully saturated rings. The number of furan rings is 1. The maximum absolute atomic E-state index is 13.8. The summed E-state index contributed by atoms with van der Waals surface area (Å²) >= 11 is 0. The average molecular weight is 638 g/mol. The van der Waals surface area contributed by atoms with Crippen molar-refractivity contribution in [1.29, 1.82) is 0 Å². The molecule has 4 bridgehead atoms. The molecular weight excluding hydrogens is 593 g/mol. The van der Waals surface area contributed by atoms with E-state index in [1.54, 1.807) is 19.2 Å². The molecule has 5 atom stereocenters. The van der Waals surface area contributed by atoms with Crippen LogP contribution in [0.15, 0.2) is 65.1 Å². The van der Waals surface area contributed by atoms with Gasteiger partial charge in [-0.1, -0.05) is 12.1 Å². The Hall–Kier alpha value is -4.17. The molecule has 1 heterocycles. The predicted molar refractivity (Wildman–Crippen MR) is 183 cm³/mol. The largest absolute Gasteiger partial charge is 0.455 e. The van der Waals surface area contributed by atoms with E-state index in [4.69, 9.17) is 4.42 Å². The van der Waals surface area contributed by atoms with Crippen molar-refractivity contribution in [3.05, 3.63) is 77.6 Å². The minimum absolute atomic E-state index is 0.0513. The highest BCUT2D eigenvalue weighted by atomic mass is 19.1. The van der Waals surface area contributed by atoms with Gasteiger partial charge in [0.25, 0.3) is 11.8 Å². The lowest BCUT2D eigenvalue weighted by Crippen LogP contribution is -2.61. The van der Waals surface area contributed by atoms with Gasteiger partial charge in [0.1, 0.15) is 17.2 Å². The summed E-state index contributed by atoms with van der Waals surface area (Å²) < 4.78 is 20.1. The van der Waals surface area contributed by atoms with Crippen molar-refractivity contribution in [2.75, 3.05) is 25.0 Å². The van der Waals surface area contributed by atoms with Gasteiger partial charge in [0.05, 0.1) is 11.2 Å². The molecule has 0 radical (unpaired) electrons. The number of anilines is 1. The van der Waals surface area contributed by atoms with E-state index in [-0.39, 0.29) is 29.1 Å². The molecule has 4 aliphatic rings. The molecule has 3 N–H and O–H groups in total. The molecule has 4 unspecified atom stereocenters. The number of carbonyl (C=O) groups is 2. The van der Waals surface area contributed by atoms with Gasteiger partial charge < -0.3 is 25.1 Å². The van der Waals surface area contributed by atoms with Crippen molar-refractivity contribution in [2.24, 2.45) is 17.3 Å². The Balaban J connectivity index is 1.27. The van der Waals surface area contributed by atoms with Crippen LogP contribution in [0.25, 0.3) is 33.4 Å². The van der Waals surface area contributed by atoms with Crippen LogP contribution in [0.4, 0.5) is 10.1 Å². The maximum Gasteiger partial charge on any atom is 0.255 e. The van der Waals surface area contributed by atoms with E-state index in [1.165, 1.54) is 18.6 Å². The second kappa shape index (κ2) is 11.8. The van der Waals surface area contributed by atoms with Gasteiger partial charge in [0.2, 0.25) is 0 Å². The number of nitrogens with one attached hydrogen (secondary N) is 2. The van der Waals surface area contributed by atoms with E-state index in [0.29, 0.717) is 45.3 Å². The Kier molecular flexibility index (Phi) is 7.90. The van der Waals surface area contributed by atoms with Gasteiger partial charge in [-0.3, -0.25) is 9.59 Å². The molecule has 4 aromatic rings. The van der Waals surface area contributed by atoms with Gasteiger partial charge in [0, 0.05) is 60.0 Å². The van der Waals surface area contributed by atoms with E-state index in [1.807, 2.05) is 36.4 Å². The lowest BCUT2D eigenvalue weighted by Gasteiger charge is -2.62. The smallest absolute Gasteiger partial charge is 0.255 e. The van der Waals surface area contributed by atoms with Crippen LogP contribution in [-0.4, -0.2) is 48.7 Å². The Morgan fingerprint density at radius 3 is 2.32 bits per heavy atom. The minimum atomic E-state index is -0.584. The molecule has 1 aromatic heterocycles. The molecule has 8 heteroatoms. The monoisotopic (exact) mass is 637 g/mol. The standard InChI is InChI=1S/C39H44FN3O4/c1-5-43(6-2)32-17-33-31(34(37(45)41-4)35(47-33)26-10-12-29(40)13-11-26)16-30(32)27-8-7-9-28(15-27)36(44)42-23(3)38-18-24-14-25(19-38)21-39(46,20-24)22-38/h7-13,15-17,23-25,46H,5-6,14,18-22H2,1-4H3,(H,41,45)(H,42,44)/t23?,24-,25?,38?,39?/m0/s1. The van der Waals surface area contributed by atoms with Crippen molar-refractivity contribution in [2.45, 2.75) is 70.9 Å². The summed E-state index contributed by atoms with van der Waals surface area (Å²) in [5.74, 6) is 0.665. The highest BCUT2D eigenvalue weighted by molar-refractivity contribution is 6.13. The van der Waals surface area contributed by atoms with Gasteiger partial charge in [-0.2, -0.15) is 0 Å². The molecule has 4 aliphatic carbocycles. The number of nitrogens with zero attached hydrogens (tertiary/aromatic N) is 1. The molecule has 0 spiro atoms. The fourth-order valence-electron chi connectivity index (χ4n) is 9.40. The van der Waals surface area contributed by atoms with E-state index in [2.05, 4.69) is 36.3 Å². The normalized spacial score (nSPS) is 25.1. The summed E-state index contributed by atoms with van der Waals surface area (Å²) in [5, 5.41) is 18.0. The number of benzene rings is 3. The molecule has 4 saturated carbocycles. The fourth-order valence-corrected chi connectivity index (χ4v) is 9.40. The zero-order chi connectivity index (χ0) is 33.1. The van der Waals surface area contributed by atoms with Gasteiger partial charge in [-0.15, -0.1) is 0 Å². The first kappa shape index (κ1) is 31.4. The molecule has 3 aromatic carbocycles. The zero-order valence-corrected chi connectivity index (χ0v) is 27.7. The van der Waals surface area contributed by atoms with Crippen LogP contribution in [-0.2, 0) is 0 Å². The summed E-state index contributed by atoms with van der Waals surface area (Å²) in [4.78, 5) is 29.4.